The number of para-hydroxylation sites is 2. The molecule has 0 amide bonds. The normalized spacial score (nSPS) is 22.1. The fraction of sp³-hybridized carbons (Fsp3) is 0.381. The summed E-state index contributed by atoms with van der Waals surface area (Å²) < 4.78 is 21.2. The van der Waals surface area contributed by atoms with Crippen LogP contribution in [0.15, 0.2) is 42.5 Å². The van der Waals surface area contributed by atoms with Crippen molar-refractivity contribution >= 4 is 17.0 Å². The Kier molecular flexibility index (Phi) is 3.82. The highest BCUT2D eigenvalue weighted by Gasteiger charge is 2.45. The summed E-state index contributed by atoms with van der Waals surface area (Å²) in [4.78, 5) is 9.72. The first-order chi connectivity index (χ1) is 13.1. The molecular formula is C21H23FN4O. The molecule has 27 heavy (non-hydrogen) atoms. The molecule has 3 fully saturated rings. The number of hydrogen-bond acceptors (Lipinski definition) is 4. The van der Waals surface area contributed by atoms with Crippen molar-refractivity contribution in [3.8, 4) is 5.75 Å². The molecule has 3 aromatic rings. The van der Waals surface area contributed by atoms with Crippen molar-refractivity contribution in [3.05, 3.63) is 53.8 Å². The van der Waals surface area contributed by atoms with E-state index in [1.165, 1.54) is 13.5 Å². The van der Waals surface area contributed by atoms with Gasteiger partial charge in [-0.2, -0.15) is 0 Å². The van der Waals surface area contributed by atoms with Gasteiger partial charge in [-0.3, -0.25) is 4.90 Å². The summed E-state index contributed by atoms with van der Waals surface area (Å²) in [5.74, 6) is 1.05. The van der Waals surface area contributed by atoms with E-state index in [2.05, 4.69) is 39.6 Å². The van der Waals surface area contributed by atoms with Gasteiger partial charge in [0, 0.05) is 38.8 Å². The largest absolute Gasteiger partial charge is 0.494 e. The molecule has 0 aliphatic carbocycles. The fourth-order valence-electron chi connectivity index (χ4n) is 4.54. The van der Waals surface area contributed by atoms with Crippen molar-refractivity contribution in [2.45, 2.75) is 25.0 Å². The number of aromatic nitrogens is 2. The second kappa shape index (κ2) is 6.23. The Bertz CT molecular complexity index is 989. The van der Waals surface area contributed by atoms with E-state index in [0.29, 0.717) is 17.8 Å². The first-order valence-corrected chi connectivity index (χ1v) is 9.38. The molecule has 0 spiro atoms. The third-order valence-electron chi connectivity index (χ3n) is 5.97. The molecule has 2 aromatic carbocycles. The number of aryl methyl sites for hydroxylation is 1. The van der Waals surface area contributed by atoms with Crippen LogP contribution < -0.4 is 9.64 Å². The maximum absolute atomic E-state index is 14.0. The number of piperazine rings is 1. The van der Waals surface area contributed by atoms with Crippen molar-refractivity contribution in [1.29, 1.82) is 0 Å². The SMILES string of the molecule is COc1ccc(CN2C3CC2CN(c2nc4ccccc4n2C)C3)cc1F. The van der Waals surface area contributed by atoms with Gasteiger partial charge in [0.15, 0.2) is 11.6 Å². The zero-order chi connectivity index (χ0) is 18.5. The number of fused-ring (bicyclic) bond motifs is 3. The van der Waals surface area contributed by atoms with E-state index in [-0.39, 0.29) is 5.82 Å². The molecule has 6 rings (SSSR count). The van der Waals surface area contributed by atoms with Gasteiger partial charge in [-0.25, -0.2) is 9.37 Å². The minimum Gasteiger partial charge on any atom is -0.494 e. The van der Waals surface area contributed by atoms with Crippen LogP contribution in [-0.2, 0) is 13.6 Å². The number of halogens is 1. The van der Waals surface area contributed by atoms with Crippen LogP contribution in [0.5, 0.6) is 5.75 Å². The van der Waals surface area contributed by atoms with Crippen molar-refractivity contribution in [2.75, 3.05) is 25.1 Å². The summed E-state index contributed by atoms with van der Waals surface area (Å²) in [5, 5.41) is 0. The Morgan fingerprint density at radius 1 is 1.15 bits per heavy atom. The van der Waals surface area contributed by atoms with Gasteiger partial charge in [0.1, 0.15) is 0 Å². The molecule has 3 saturated heterocycles. The van der Waals surface area contributed by atoms with Gasteiger partial charge in [-0.15, -0.1) is 0 Å². The van der Waals surface area contributed by atoms with E-state index in [4.69, 9.17) is 9.72 Å². The van der Waals surface area contributed by atoms with Crippen LogP contribution in [0.25, 0.3) is 11.0 Å². The van der Waals surface area contributed by atoms with Gasteiger partial charge in [-0.05, 0) is 36.2 Å². The molecule has 3 aliphatic heterocycles. The molecule has 5 nitrogen and oxygen atoms in total. The van der Waals surface area contributed by atoms with Gasteiger partial charge >= 0.3 is 0 Å². The molecule has 2 atom stereocenters. The second-order valence-corrected chi connectivity index (χ2v) is 7.55. The van der Waals surface area contributed by atoms with Crippen LogP contribution in [0.2, 0.25) is 0 Å². The third-order valence-corrected chi connectivity index (χ3v) is 5.97. The molecule has 0 N–H and O–H groups in total. The number of benzene rings is 2. The molecule has 4 heterocycles. The zero-order valence-electron chi connectivity index (χ0n) is 15.6. The predicted octanol–water partition coefficient (Wildman–Crippen LogP) is 3.18. The van der Waals surface area contributed by atoms with Crippen molar-refractivity contribution in [1.82, 2.24) is 14.5 Å². The quantitative estimate of drug-likeness (QED) is 0.710. The van der Waals surface area contributed by atoms with Gasteiger partial charge in [0.05, 0.1) is 18.1 Å². The second-order valence-electron chi connectivity index (χ2n) is 7.55. The van der Waals surface area contributed by atoms with Crippen LogP contribution in [0.1, 0.15) is 12.0 Å². The number of piperidine rings is 1. The van der Waals surface area contributed by atoms with Crippen LogP contribution in [0.4, 0.5) is 10.3 Å². The first kappa shape index (κ1) is 16.6. The summed E-state index contributed by atoms with van der Waals surface area (Å²) in [6, 6.07) is 14.5. The van der Waals surface area contributed by atoms with Crippen molar-refractivity contribution < 1.29 is 9.13 Å². The van der Waals surface area contributed by atoms with Crippen LogP contribution >= 0.6 is 0 Å². The van der Waals surface area contributed by atoms with Gasteiger partial charge in [-0.1, -0.05) is 18.2 Å². The van der Waals surface area contributed by atoms with E-state index in [1.807, 2.05) is 12.1 Å². The van der Waals surface area contributed by atoms with Gasteiger partial charge in [0.2, 0.25) is 5.95 Å². The Labute approximate surface area is 158 Å². The number of rotatable bonds is 4. The van der Waals surface area contributed by atoms with E-state index >= 15 is 0 Å². The number of anilines is 1. The Morgan fingerprint density at radius 3 is 2.63 bits per heavy atom. The number of nitrogens with zero attached hydrogens (tertiary/aromatic N) is 4. The minimum absolute atomic E-state index is 0.290. The van der Waals surface area contributed by atoms with Crippen LogP contribution in [0, 0.1) is 5.82 Å². The predicted molar refractivity (Wildman–Crippen MR) is 104 cm³/mol. The number of methoxy groups -OCH3 is 1. The lowest BCUT2D eigenvalue weighted by Crippen LogP contribution is -2.68. The van der Waals surface area contributed by atoms with Crippen LogP contribution in [-0.4, -0.2) is 46.7 Å². The maximum atomic E-state index is 14.0. The van der Waals surface area contributed by atoms with Crippen LogP contribution in [0.3, 0.4) is 0 Å². The van der Waals surface area contributed by atoms with Crippen molar-refractivity contribution in [2.24, 2.45) is 7.05 Å². The Balaban J connectivity index is 1.32. The molecule has 6 heteroatoms. The van der Waals surface area contributed by atoms with Crippen molar-refractivity contribution in [3.63, 3.8) is 0 Å². The monoisotopic (exact) mass is 366 g/mol. The summed E-state index contributed by atoms with van der Waals surface area (Å²) in [6.45, 7) is 2.71. The van der Waals surface area contributed by atoms with E-state index in [0.717, 1.165) is 42.2 Å². The van der Waals surface area contributed by atoms with Gasteiger partial charge in [0.25, 0.3) is 0 Å². The molecule has 1 aromatic heterocycles. The summed E-state index contributed by atoms with van der Waals surface area (Å²) in [6.07, 6.45) is 1.21. The highest BCUT2D eigenvalue weighted by molar-refractivity contribution is 5.78. The molecule has 2 bridgehead atoms. The highest BCUT2D eigenvalue weighted by atomic mass is 19.1. The molecule has 140 valence electrons. The lowest BCUT2D eigenvalue weighted by molar-refractivity contribution is -0.00915. The molecule has 0 radical (unpaired) electrons. The highest BCUT2D eigenvalue weighted by Crippen LogP contribution is 2.36. The lowest BCUT2D eigenvalue weighted by atomic mass is 9.87. The average molecular weight is 366 g/mol. The third kappa shape index (κ3) is 2.67. The fourth-order valence-corrected chi connectivity index (χ4v) is 4.54. The maximum Gasteiger partial charge on any atom is 0.206 e. The summed E-state index contributed by atoms with van der Waals surface area (Å²) in [7, 11) is 3.58. The Hall–Kier alpha value is -2.60. The molecule has 2 unspecified atom stereocenters. The summed E-state index contributed by atoms with van der Waals surface area (Å²) >= 11 is 0. The minimum atomic E-state index is -0.290. The molecular weight excluding hydrogens is 343 g/mol. The molecule has 0 saturated carbocycles. The Morgan fingerprint density at radius 2 is 1.93 bits per heavy atom. The standard InChI is InChI=1S/C21H23FN4O/c1-24-19-6-4-3-5-18(19)23-21(24)25-12-15-10-16(13-25)26(15)11-14-7-8-20(27-2)17(22)9-14/h3-9,15-16H,10-13H2,1-2H3. The van der Waals surface area contributed by atoms with Gasteiger partial charge < -0.3 is 14.2 Å². The smallest absolute Gasteiger partial charge is 0.206 e. The topological polar surface area (TPSA) is 33.5 Å². The van der Waals surface area contributed by atoms with E-state index < -0.39 is 0 Å². The number of ether oxygens (including phenoxy) is 1. The first-order valence-electron chi connectivity index (χ1n) is 9.38. The summed E-state index contributed by atoms with van der Waals surface area (Å²) in [5.41, 5.74) is 3.20. The van der Waals surface area contributed by atoms with E-state index in [9.17, 15) is 4.39 Å². The number of hydrogen-bond donors (Lipinski definition) is 0. The zero-order valence-corrected chi connectivity index (χ0v) is 15.6. The molecule has 3 aliphatic rings. The average Bonchev–Trinajstić information content (AvgIpc) is 3.03. The number of imidazole rings is 1. The van der Waals surface area contributed by atoms with E-state index in [1.54, 1.807) is 12.1 Å². The lowest BCUT2D eigenvalue weighted by Gasteiger charge is -2.56.